The Morgan fingerprint density at radius 2 is 1.75 bits per heavy atom. The third-order valence-corrected chi connectivity index (χ3v) is 5.67. The molecule has 1 aliphatic heterocycles. The van der Waals surface area contributed by atoms with E-state index < -0.39 is 34.4 Å². The molecule has 2 aliphatic rings. The van der Waals surface area contributed by atoms with Crippen LogP contribution in [0.25, 0.3) is 0 Å². The van der Waals surface area contributed by atoms with Crippen LogP contribution in [0.4, 0.5) is 22.0 Å². The van der Waals surface area contributed by atoms with E-state index in [0.717, 1.165) is 6.07 Å². The molecule has 0 aromatic heterocycles. The van der Waals surface area contributed by atoms with Gasteiger partial charge in [0.15, 0.2) is 0 Å². The number of hydrogen-bond acceptors (Lipinski definition) is 2. The Morgan fingerprint density at radius 1 is 1.17 bits per heavy atom. The number of alkyl halides is 3. The van der Waals surface area contributed by atoms with E-state index in [1.54, 1.807) is 0 Å². The van der Waals surface area contributed by atoms with Crippen LogP contribution in [0.3, 0.4) is 0 Å². The fourth-order valence-corrected chi connectivity index (χ4v) is 3.81. The van der Waals surface area contributed by atoms with Gasteiger partial charge in [0.25, 0.3) is 0 Å². The average Bonchev–Trinajstić information content (AvgIpc) is 3.34. The molecule has 3 rings (SSSR count). The van der Waals surface area contributed by atoms with Gasteiger partial charge in [-0.1, -0.05) is 17.7 Å². The molecule has 1 aliphatic carbocycles. The maximum Gasteiger partial charge on any atom is 0.406 e. The largest absolute Gasteiger partial charge is 0.406 e. The number of piperidine rings is 1. The Morgan fingerprint density at radius 3 is 2.25 bits per heavy atom. The molecule has 2 N–H and O–H groups in total. The lowest BCUT2D eigenvalue weighted by molar-refractivity contribution is -0.200. The van der Waals surface area contributed by atoms with Gasteiger partial charge in [-0.3, -0.25) is 4.90 Å². The van der Waals surface area contributed by atoms with Crippen LogP contribution >= 0.6 is 11.6 Å². The second-order valence-electron chi connectivity index (χ2n) is 6.64. The summed E-state index contributed by atoms with van der Waals surface area (Å²) >= 11 is 5.57. The quantitative estimate of drug-likeness (QED) is 0.632. The molecular weight excluding hydrogens is 351 g/mol. The van der Waals surface area contributed by atoms with Crippen LogP contribution in [0.15, 0.2) is 12.1 Å². The summed E-state index contributed by atoms with van der Waals surface area (Å²) in [6, 6.07) is 1.59. The van der Waals surface area contributed by atoms with Crippen LogP contribution in [-0.4, -0.2) is 29.7 Å². The minimum Gasteiger partial charge on any atom is -0.324 e. The minimum atomic E-state index is -4.22. The zero-order chi connectivity index (χ0) is 17.7. The van der Waals surface area contributed by atoms with Crippen LogP contribution < -0.4 is 5.73 Å². The Hall–Kier alpha value is -0.920. The van der Waals surface area contributed by atoms with Gasteiger partial charge in [0.1, 0.15) is 22.2 Å². The lowest BCUT2D eigenvalue weighted by Gasteiger charge is -2.40. The van der Waals surface area contributed by atoms with E-state index in [2.05, 4.69) is 0 Å². The zero-order valence-corrected chi connectivity index (χ0v) is 13.6. The van der Waals surface area contributed by atoms with Gasteiger partial charge in [-0.25, -0.2) is 8.78 Å². The van der Waals surface area contributed by atoms with Gasteiger partial charge in [-0.05, 0) is 50.8 Å². The fourth-order valence-electron chi connectivity index (χ4n) is 3.64. The van der Waals surface area contributed by atoms with Crippen molar-refractivity contribution in [1.29, 1.82) is 0 Å². The van der Waals surface area contributed by atoms with Gasteiger partial charge in [0.05, 0.1) is 0 Å². The second-order valence-corrected chi connectivity index (χ2v) is 7.02. The first-order valence-electron chi connectivity index (χ1n) is 7.88. The summed E-state index contributed by atoms with van der Waals surface area (Å²) < 4.78 is 66.8. The lowest BCUT2D eigenvalue weighted by atomic mass is 9.85. The highest BCUT2D eigenvalue weighted by atomic mass is 35.5. The van der Waals surface area contributed by atoms with Crippen molar-refractivity contribution in [2.45, 2.75) is 43.4 Å². The minimum absolute atomic E-state index is 0.108. The third-order valence-electron chi connectivity index (χ3n) is 5.33. The summed E-state index contributed by atoms with van der Waals surface area (Å²) in [5, 5.41) is -0.602. The fraction of sp³-hybridized carbons (Fsp3) is 0.625. The first kappa shape index (κ1) is 17.9. The molecule has 1 aromatic carbocycles. The Bertz CT molecular complexity index is 622. The predicted molar refractivity (Wildman–Crippen MR) is 80.6 cm³/mol. The van der Waals surface area contributed by atoms with Crippen molar-refractivity contribution in [1.82, 2.24) is 4.90 Å². The number of halogens is 6. The number of likely N-dealkylation sites (tertiary alicyclic amines) is 1. The summed E-state index contributed by atoms with van der Waals surface area (Å²) in [5.74, 6) is -1.91. The number of nitrogens with zero attached hydrogens (tertiary/aromatic N) is 1. The number of benzene rings is 1. The molecule has 1 saturated heterocycles. The molecule has 1 atom stereocenters. The van der Waals surface area contributed by atoms with Crippen molar-refractivity contribution in [2.75, 3.05) is 13.1 Å². The summed E-state index contributed by atoms with van der Waals surface area (Å²) in [6.07, 6.45) is -3.08. The van der Waals surface area contributed by atoms with Gasteiger partial charge in [-0.15, -0.1) is 0 Å². The van der Waals surface area contributed by atoms with Gasteiger partial charge in [-0.2, -0.15) is 13.2 Å². The smallest absolute Gasteiger partial charge is 0.324 e. The molecule has 0 spiro atoms. The summed E-state index contributed by atoms with van der Waals surface area (Å²) in [7, 11) is 0. The maximum absolute atomic E-state index is 14.1. The molecule has 2 nitrogen and oxygen atoms in total. The van der Waals surface area contributed by atoms with Crippen molar-refractivity contribution in [2.24, 2.45) is 11.7 Å². The molecule has 2 fully saturated rings. The standard InChI is InChI=1S/C16H18ClF5N2/c17-12-11(18)2-1-10(13(12)19)14(23)9-3-7-24(8-4-9)15(5-6-15)16(20,21)22/h1-2,9,14H,3-8,23H2. The molecule has 24 heavy (non-hydrogen) atoms. The van der Waals surface area contributed by atoms with E-state index in [1.807, 2.05) is 0 Å². The van der Waals surface area contributed by atoms with Crippen LogP contribution in [0.5, 0.6) is 0 Å². The molecule has 1 unspecified atom stereocenters. The van der Waals surface area contributed by atoms with E-state index in [1.165, 1.54) is 11.0 Å². The maximum atomic E-state index is 14.1. The van der Waals surface area contributed by atoms with E-state index >= 15 is 0 Å². The van der Waals surface area contributed by atoms with Crippen LogP contribution in [0.2, 0.25) is 5.02 Å². The van der Waals surface area contributed by atoms with Crippen LogP contribution in [0, 0.1) is 17.6 Å². The first-order chi connectivity index (χ1) is 11.2. The highest BCUT2D eigenvalue weighted by Crippen LogP contribution is 2.54. The van der Waals surface area contributed by atoms with E-state index in [9.17, 15) is 22.0 Å². The molecule has 8 heteroatoms. The predicted octanol–water partition coefficient (Wildman–Crippen LogP) is 4.42. The average molecular weight is 369 g/mol. The van der Waals surface area contributed by atoms with Crippen LogP contribution in [-0.2, 0) is 0 Å². The Balaban J connectivity index is 1.68. The van der Waals surface area contributed by atoms with Crippen molar-refractivity contribution >= 4 is 11.6 Å². The van der Waals surface area contributed by atoms with Crippen molar-refractivity contribution < 1.29 is 22.0 Å². The van der Waals surface area contributed by atoms with Crippen molar-refractivity contribution in [3.63, 3.8) is 0 Å². The molecule has 0 radical (unpaired) electrons. The van der Waals surface area contributed by atoms with Gasteiger partial charge >= 0.3 is 6.18 Å². The van der Waals surface area contributed by atoms with E-state index in [-0.39, 0.29) is 37.4 Å². The molecule has 0 amide bonds. The Kier molecular flexibility index (Phi) is 4.55. The molecule has 0 bridgehead atoms. The second kappa shape index (κ2) is 6.11. The van der Waals surface area contributed by atoms with Gasteiger partial charge < -0.3 is 5.73 Å². The normalized spacial score (nSPS) is 23.3. The van der Waals surface area contributed by atoms with Gasteiger partial charge in [0.2, 0.25) is 0 Å². The lowest BCUT2D eigenvalue weighted by Crippen LogP contribution is -2.52. The summed E-state index contributed by atoms with van der Waals surface area (Å²) in [5.41, 5.74) is 4.52. The number of rotatable bonds is 3. The van der Waals surface area contributed by atoms with E-state index in [4.69, 9.17) is 17.3 Å². The number of nitrogens with two attached hydrogens (primary N) is 1. The summed E-state index contributed by atoms with van der Waals surface area (Å²) in [4.78, 5) is 1.48. The molecule has 1 aromatic rings. The molecule has 1 heterocycles. The first-order valence-corrected chi connectivity index (χ1v) is 8.26. The topological polar surface area (TPSA) is 29.3 Å². The Labute approximate surface area is 141 Å². The van der Waals surface area contributed by atoms with Crippen molar-refractivity contribution in [3.8, 4) is 0 Å². The third kappa shape index (κ3) is 2.91. The molecule has 134 valence electrons. The summed E-state index contributed by atoms with van der Waals surface area (Å²) in [6.45, 7) is 0.544. The van der Waals surface area contributed by atoms with Gasteiger partial charge in [0, 0.05) is 11.6 Å². The monoisotopic (exact) mass is 368 g/mol. The van der Waals surface area contributed by atoms with E-state index in [0.29, 0.717) is 12.8 Å². The SMILES string of the molecule is NC(c1ccc(F)c(Cl)c1F)C1CCN(C2(C(F)(F)F)CC2)CC1. The highest BCUT2D eigenvalue weighted by molar-refractivity contribution is 6.30. The zero-order valence-electron chi connectivity index (χ0n) is 12.8. The highest BCUT2D eigenvalue weighted by Gasteiger charge is 2.66. The van der Waals surface area contributed by atoms with Crippen LogP contribution in [0.1, 0.15) is 37.3 Å². The number of hydrogen-bond donors (Lipinski definition) is 1. The van der Waals surface area contributed by atoms with Crippen molar-refractivity contribution in [3.05, 3.63) is 34.4 Å². The molecular formula is C16H18ClF5N2. The molecule has 1 saturated carbocycles.